The van der Waals surface area contributed by atoms with Crippen LogP contribution in [-0.4, -0.2) is 23.9 Å². The Morgan fingerprint density at radius 1 is 1.05 bits per heavy atom. The molecular weight excluding hydrogens is 257 g/mol. The zero-order valence-corrected chi connectivity index (χ0v) is 11.1. The molecule has 2 unspecified atom stereocenters. The first-order chi connectivity index (χ1) is 9.65. The number of hydrogen-bond acceptors (Lipinski definition) is 3. The van der Waals surface area contributed by atoms with Crippen LogP contribution in [0.4, 0.5) is 4.39 Å². The number of benzene rings is 2. The summed E-state index contributed by atoms with van der Waals surface area (Å²) < 4.78 is 18.1. The van der Waals surface area contributed by atoms with Crippen LogP contribution in [0.2, 0.25) is 0 Å². The van der Waals surface area contributed by atoms with Crippen LogP contribution in [0.5, 0.6) is 5.75 Å². The predicted molar refractivity (Wildman–Crippen MR) is 76.0 cm³/mol. The number of hydrogen-bond donors (Lipinski definition) is 2. The summed E-state index contributed by atoms with van der Waals surface area (Å²) in [4.78, 5) is 0. The molecule has 0 spiro atoms. The molecule has 2 rings (SSSR count). The van der Waals surface area contributed by atoms with Gasteiger partial charge in [-0.3, -0.25) is 0 Å². The third-order valence-electron chi connectivity index (χ3n) is 3.04. The second-order valence-corrected chi connectivity index (χ2v) is 4.69. The van der Waals surface area contributed by atoms with Gasteiger partial charge in [0, 0.05) is 6.04 Å². The lowest BCUT2D eigenvalue weighted by Gasteiger charge is -2.19. The van der Waals surface area contributed by atoms with Crippen LogP contribution in [-0.2, 0) is 6.42 Å². The fourth-order valence-electron chi connectivity index (χ4n) is 1.86. The first-order valence-corrected chi connectivity index (χ1v) is 6.51. The van der Waals surface area contributed by atoms with Gasteiger partial charge in [-0.25, -0.2) is 4.39 Å². The number of rotatable bonds is 6. The van der Waals surface area contributed by atoms with Gasteiger partial charge in [-0.15, -0.1) is 0 Å². The molecule has 2 atom stereocenters. The summed E-state index contributed by atoms with van der Waals surface area (Å²) in [5, 5.41) is 9.97. The third-order valence-corrected chi connectivity index (χ3v) is 3.04. The molecule has 4 heteroatoms. The lowest BCUT2D eigenvalue weighted by atomic mass is 10.0. The second-order valence-electron chi connectivity index (χ2n) is 4.69. The first-order valence-electron chi connectivity index (χ1n) is 6.51. The molecule has 0 amide bonds. The molecule has 20 heavy (non-hydrogen) atoms. The lowest BCUT2D eigenvalue weighted by molar-refractivity contribution is 0.0851. The van der Waals surface area contributed by atoms with Crippen molar-refractivity contribution in [3.63, 3.8) is 0 Å². The quantitative estimate of drug-likeness (QED) is 0.849. The Labute approximate surface area is 117 Å². The summed E-state index contributed by atoms with van der Waals surface area (Å²) in [6.07, 6.45) is -0.199. The molecule has 2 aromatic rings. The third kappa shape index (κ3) is 4.33. The van der Waals surface area contributed by atoms with Crippen molar-refractivity contribution in [2.75, 3.05) is 6.61 Å². The number of aliphatic hydroxyl groups is 1. The molecule has 0 fully saturated rings. The normalized spacial score (nSPS) is 13.8. The van der Waals surface area contributed by atoms with E-state index in [1.807, 2.05) is 30.3 Å². The number of aliphatic hydroxyl groups excluding tert-OH is 1. The summed E-state index contributed by atoms with van der Waals surface area (Å²) in [5.41, 5.74) is 7.02. The summed E-state index contributed by atoms with van der Waals surface area (Å²) >= 11 is 0. The summed E-state index contributed by atoms with van der Waals surface area (Å²) in [7, 11) is 0. The van der Waals surface area contributed by atoms with Crippen molar-refractivity contribution in [3.8, 4) is 5.75 Å². The number of halogens is 1. The van der Waals surface area contributed by atoms with Crippen LogP contribution in [0.15, 0.2) is 54.6 Å². The highest BCUT2D eigenvalue weighted by Gasteiger charge is 2.16. The zero-order chi connectivity index (χ0) is 14.4. The van der Waals surface area contributed by atoms with E-state index in [4.69, 9.17) is 10.5 Å². The monoisotopic (exact) mass is 275 g/mol. The van der Waals surface area contributed by atoms with Crippen molar-refractivity contribution >= 4 is 0 Å². The fraction of sp³-hybridized carbons (Fsp3) is 0.250. The van der Waals surface area contributed by atoms with E-state index in [9.17, 15) is 9.50 Å². The topological polar surface area (TPSA) is 55.5 Å². The molecule has 0 aliphatic carbocycles. The molecule has 3 nitrogen and oxygen atoms in total. The van der Waals surface area contributed by atoms with E-state index in [0.717, 1.165) is 5.56 Å². The fourth-order valence-corrected chi connectivity index (χ4v) is 1.86. The maximum absolute atomic E-state index is 12.7. The molecular formula is C16H18FNO2. The Morgan fingerprint density at radius 2 is 1.70 bits per heavy atom. The predicted octanol–water partition coefficient (Wildman–Crippen LogP) is 2.14. The molecule has 0 aliphatic rings. The molecule has 2 aromatic carbocycles. The highest BCUT2D eigenvalue weighted by molar-refractivity contribution is 5.22. The molecule has 0 heterocycles. The smallest absolute Gasteiger partial charge is 0.123 e. The Morgan fingerprint density at radius 3 is 2.35 bits per heavy atom. The lowest BCUT2D eigenvalue weighted by Crippen LogP contribution is -2.40. The maximum atomic E-state index is 12.7. The van der Waals surface area contributed by atoms with Crippen LogP contribution in [0.1, 0.15) is 5.56 Å². The second kappa shape index (κ2) is 7.03. The SMILES string of the molecule is NC(Cc1ccccc1)C(O)COc1ccc(F)cc1. The first kappa shape index (κ1) is 14.5. The van der Waals surface area contributed by atoms with Crippen LogP contribution < -0.4 is 10.5 Å². The molecule has 0 aliphatic heterocycles. The molecule has 0 bridgehead atoms. The molecule has 0 saturated carbocycles. The van der Waals surface area contributed by atoms with Crippen LogP contribution in [0.25, 0.3) is 0 Å². The van der Waals surface area contributed by atoms with Crippen molar-refractivity contribution in [3.05, 3.63) is 66.0 Å². The standard InChI is InChI=1S/C16H18FNO2/c17-13-6-8-14(9-7-13)20-11-16(19)15(18)10-12-4-2-1-3-5-12/h1-9,15-16,19H,10-11,18H2. The Hall–Kier alpha value is -1.91. The minimum absolute atomic E-state index is 0.0830. The van der Waals surface area contributed by atoms with E-state index in [1.54, 1.807) is 0 Å². The summed E-state index contributed by atoms with van der Waals surface area (Å²) in [5.74, 6) is 0.191. The van der Waals surface area contributed by atoms with Crippen LogP contribution in [0.3, 0.4) is 0 Å². The van der Waals surface area contributed by atoms with Crippen molar-refractivity contribution in [1.29, 1.82) is 0 Å². The van der Waals surface area contributed by atoms with Gasteiger partial charge >= 0.3 is 0 Å². The summed E-state index contributed by atoms with van der Waals surface area (Å²) in [6, 6.07) is 15.0. The van der Waals surface area contributed by atoms with Gasteiger partial charge in [0.15, 0.2) is 0 Å². The van der Waals surface area contributed by atoms with Crippen molar-refractivity contribution in [2.24, 2.45) is 5.73 Å². The van der Waals surface area contributed by atoms with Gasteiger partial charge < -0.3 is 15.6 Å². The van der Waals surface area contributed by atoms with Crippen LogP contribution in [0, 0.1) is 5.82 Å². The van der Waals surface area contributed by atoms with Gasteiger partial charge in [0.05, 0.1) is 0 Å². The molecule has 0 saturated heterocycles. The van der Waals surface area contributed by atoms with E-state index in [2.05, 4.69) is 0 Å². The van der Waals surface area contributed by atoms with Crippen molar-refractivity contribution < 1.29 is 14.2 Å². The molecule has 106 valence electrons. The van der Waals surface area contributed by atoms with Gasteiger partial charge in [-0.05, 0) is 36.2 Å². The molecule has 0 radical (unpaired) electrons. The van der Waals surface area contributed by atoms with Gasteiger partial charge in [0.1, 0.15) is 24.3 Å². The molecule has 3 N–H and O–H groups in total. The number of ether oxygens (including phenoxy) is 1. The van der Waals surface area contributed by atoms with E-state index in [1.165, 1.54) is 24.3 Å². The highest BCUT2D eigenvalue weighted by atomic mass is 19.1. The van der Waals surface area contributed by atoms with Gasteiger partial charge in [-0.1, -0.05) is 30.3 Å². The van der Waals surface area contributed by atoms with E-state index in [0.29, 0.717) is 12.2 Å². The van der Waals surface area contributed by atoms with E-state index in [-0.39, 0.29) is 12.4 Å². The largest absolute Gasteiger partial charge is 0.491 e. The Kier molecular flexibility index (Phi) is 5.09. The van der Waals surface area contributed by atoms with E-state index >= 15 is 0 Å². The zero-order valence-electron chi connectivity index (χ0n) is 11.1. The van der Waals surface area contributed by atoms with Gasteiger partial charge in [-0.2, -0.15) is 0 Å². The van der Waals surface area contributed by atoms with Gasteiger partial charge in [0.2, 0.25) is 0 Å². The summed E-state index contributed by atoms with van der Waals surface area (Å²) in [6.45, 7) is 0.0830. The minimum atomic E-state index is -0.778. The average Bonchev–Trinajstić information content (AvgIpc) is 2.47. The molecule has 0 aromatic heterocycles. The Bertz CT molecular complexity index is 516. The minimum Gasteiger partial charge on any atom is -0.491 e. The Balaban J connectivity index is 1.82. The van der Waals surface area contributed by atoms with Crippen LogP contribution >= 0.6 is 0 Å². The van der Waals surface area contributed by atoms with Gasteiger partial charge in [0.25, 0.3) is 0 Å². The average molecular weight is 275 g/mol. The maximum Gasteiger partial charge on any atom is 0.123 e. The highest BCUT2D eigenvalue weighted by Crippen LogP contribution is 2.12. The number of nitrogens with two attached hydrogens (primary N) is 1. The van der Waals surface area contributed by atoms with Crippen molar-refractivity contribution in [2.45, 2.75) is 18.6 Å². The van der Waals surface area contributed by atoms with E-state index < -0.39 is 12.1 Å². The van der Waals surface area contributed by atoms with Crippen molar-refractivity contribution in [1.82, 2.24) is 0 Å².